The van der Waals surface area contributed by atoms with Gasteiger partial charge < -0.3 is 34.9 Å². The van der Waals surface area contributed by atoms with Gasteiger partial charge >= 0.3 is 13.8 Å². The maximum absolute atomic E-state index is 12.8. The molecular formula is C24H49O10P. The molecule has 11 heteroatoms. The molecule has 0 rings (SSSR count). The number of aliphatic hydroxyl groups excluding tert-OH is 2. The molecule has 4 atom stereocenters. The Balaban J connectivity index is 6.15. The maximum atomic E-state index is 12.8. The van der Waals surface area contributed by atoms with E-state index in [9.17, 15) is 29.8 Å². The van der Waals surface area contributed by atoms with E-state index in [1.165, 1.54) is 0 Å². The quantitative estimate of drug-likeness (QED) is 0.0842. The van der Waals surface area contributed by atoms with Crippen molar-refractivity contribution in [2.45, 2.75) is 134 Å². The minimum Gasteiger partial charge on any atom is -0.479 e. The molecule has 0 aromatic heterocycles. The smallest absolute Gasteiger partial charge is 0.469 e. The van der Waals surface area contributed by atoms with Gasteiger partial charge in [-0.15, -0.1) is 0 Å². The van der Waals surface area contributed by atoms with Crippen molar-refractivity contribution in [1.82, 2.24) is 0 Å². The number of rotatable bonds is 23. The van der Waals surface area contributed by atoms with Crippen LogP contribution in [0.5, 0.6) is 0 Å². The van der Waals surface area contributed by atoms with Crippen LogP contribution >= 0.6 is 7.82 Å². The van der Waals surface area contributed by atoms with Gasteiger partial charge in [0.2, 0.25) is 0 Å². The fourth-order valence-corrected chi connectivity index (χ4v) is 4.68. The number of aliphatic carboxylic acids is 1. The van der Waals surface area contributed by atoms with Gasteiger partial charge in [0, 0.05) is 6.61 Å². The third kappa shape index (κ3) is 12.0. The summed E-state index contributed by atoms with van der Waals surface area (Å²) < 4.78 is 21.3. The lowest BCUT2D eigenvalue weighted by molar-refractivity contribution is -0.253. The van der Waals surface area contributed by atoms with Gasteiger partial charge in [-0.3, -0.25) is 4.52 Å². The van der Waals surface area contributed by atoms with Crippen LogP contribution in [0.25, 0.3) is 0 Å². The molecular weight excluding hydrogens is 479 g/mol. The van der Waals surface area contributed by atoms with Crippen molar-refractivity contribution in [3.63, 3.8) is 0 Å². The van der Waals surface area contributed by atoms with Crippen LogP contribution in [-0.4, -0.2) is 72.8 Å². The molecule has 0 saturated carbocycles. The van der Waals surface area contributed by atoms with Crippen LogP contribution in [0.4, 0.5) is 0 Å². The van der Waals surface area contributed by atoms with Gasteiger partial charge in [-0.05, 0) is 25.7 Å². The largest absolute Gasteiger partial charge is 0.479 e. The van der Waals surface area contributed by atoms with E-state index in [0.29, 0.717) is 32.1 Å². The highest BCUT2D eigenvalue weighted by Gasteiger charge is 2.61. The number of hydrogen-bond donors (Lipinski definition) is 6. The van der Waals surface area contributed by atoms with Crippen molar-refractivity contribution < 1.29 is 48.8 Å². The Bertz CT molecular complexity index is 613. The second-order valence-corrected chi connectivity index (χ2v) is 10.6. The Morgan fingerprint density at radius 2 is 1.31 bits per heavy atom. The van der Waals surface area contributed by atoms with Gasteiger partial charge in [0.1, 0.15) is 17.8 Å². The molecule has 0 aliphatic carbocycles. The molecule has 3 unspecified atom stereocenters. The molecule has 210 valence electrons. The first-order valence-electron chi connectivity index (χ1n) is 13.1. The molecule has 0 bridgehead atoms. The molecule has 0 aromatic carbocycles. The van der Waals surface area contributed by atoms with Crippen LogP contribution in [0.1, 0.15) is 111 Å². The summed E-state index contributed by atoms with van der Waals surface area (Å²) in [7, 11) is -4.96. The number of carboxylic acid groups (broad SMARTS) is 1. The maximum Gasteiger partial charge on any atom is 0.469 e. The highest BCUT2D eigenvalue weighted by atomic mass is 31.2. The van der Waals surface area contributed by atoms with Crippen LogP contribution in [0.15, 0.2) is 0 Å². The van der Waals surface area contributed by atoms with Gasteiger partial charge in [0.15, 0.2) is 5.60 Å². The normalized spacial score (nSPS) is 17.5. The van der Waals surface area contributed by atoms with E-state index in [0.717, 1.165) is 44.9 Å². The summed E-state index contributed by atoms with van der Waals surface area (Å²) in [5, 5.41) is 43.8. The van der Waals surface area contributed by atoms with E-state index in [2.05, 4.69) is 4.52 Å². The van der Waals surface area contributed by atoms with E-state index < -0.39 is 43.8 Å². The first-order chi connectivity index (χ1) is 16.4. The first-order valence-corrected chi connectivity index (χ1v) is 14.6. The minimum absolute atomic E-state index is 0.0547. The zero-order valence-corrected chi connectivity index (χ0v) is 22.6. The summed E-state index contributed by atoms with van der Waals surface area (Å²) in [6, 6.07) is 0. The lowest BCUT2D eigenvalue weighted by atomic mass is 9.70. The summed E-state index contributed by atoms with van der Waals surface area (Å²) >= 11 is 0. The molecule has 6 N–H and O–H groups in total. The van der Waals surface area contributed by atoms with Gasteiger partial charge in [-0.1, -0.05) is 85.0 Å². The highest BCUT2D eigenvalue weighted by molar-refractivity contribution is 7.46. The fraction of sp³-hybridized carbons (Fsp3) is 0.958. The summed E-state index contributed by atoms with van der Waals surface area (Å²) in [6.45, 7) is 5.13. The fourth-order valence-electron chi connectivity index (χ4n) is 4.34. The van der Waals surface area contributed by atoms with Gasteiger partial charge in [0.05, 0.1) is 6.61 Å². The van der Waals surface area contributed by atoms with Crippen molar-refractivity contribution in [3.8, 4) is 0 Å². The molecule has 0 aliphatic rings. The number of phosphoric ester groups is 1. The number of carbonyl (C=O) groups is 1. The average Bonchev–Trinajstić information content (AvgIpc) is 2.80. The van der Waals surface area contributed by atoms with Crippen molar-refractivity contribution >= 4 is 13.8 Å². The summed E-state index contributed by atoms with van der Waals surface area (Å²) in [4.78, 5) is 30.7. The molecule has 0 aromatic rings. The molecule has 0 amide bonds. The number of carboxylic acids is 1. The van der Waals surface area contributed by atoms with E-state index in [1.807, 2.05) is 20.8 Å². The Hall–Kier alpha value is -0.580. The van der Waals surface area contributed by atoms with Crippen LogP contribution in [0.3, 0.4) is 0 Å². The Kier molecular flexibility index (Phi) is 17.5. The Labute approximate surface area is 210 Å². The van der Waals surface area contributed by atoms with Crippen LogP contribution in [0.2, 0.25) is 0 Å². The molecule has 0 heterocycles. The van der Waals surface area contributed by atoms with Gasteiger partial charge in [-0.2, -0.15) is 0 Å². The monoisotopic (exact) mass is 528 g/mol. The third-order valence-electron chi connectivity index (χ3n) is 6.45. The second kappa shape index (κ2) is 17.8. The second-order valence-electron chi connectivity index (χ2n) is 9.39. The van der Waals surface area contributed by atoms with Gasteiger partial charge in [0.25, 0.3) is 0 Å². The predicted molar refractivity (Wildman–Crippen MR) is 133 cm³/mol. The zero-order valence-electron chi connectivity index (χ0n) is 21.7. The summed E-state index contributed by atoms with van der Waals surface area (Å²) in [6.07, 6.45) is 4.73. The minimum atomic E-state index is -4.96. The summed E-state index contributed by atoms with van der Waals surface area (Å²) in [5.74, 6) is -1.44. The SMILES string of the molecule is CCCCCCO[C@@](CCCCCC)(C(=O)O)C(O)(CCCCCC)C(O)C(O)COP(=O)(O)O. The molecule has 0 saturated heterocycles. The summed E-state index contributed by atoms with van der Waals surface area (Å²) in [5.41, 5.74) is -4.62. The van der Waals surface area contributed by atoms with Crippen LogP contribution in [0, 0.1) is 0 Å². The first kappa shape index (κ1) is 34.4. The number of aliphatic hydroxyl groups is 3. The van der Waals surface area contributed by atoms with Crippen LogP contribution in [-0.2, 0) is 18.6 Å². The van der Waals surface area contributed by atoms with Crippen molar-refractivity contribution in [2.75, 3.05) is 13.2 Å². The topological polar surface area (TPSA) is 174 Å². The Morgan fingerprint density at radius 1 is 0.829 bits per heavy atom. The van der Waals surface area contributed by atoms with Crippen molar-refractivity contribution in [1.29, 1.82) is 0 Å². The van der Waals surface area contributed by atoms with Crippen molar-refractivity contribution in [3.05, 3.63) is 0 Å². The zero-order chi connectivity index (χ0) is 27.0. The average molecular weight is 529 g/mol. The molecule has 0 radical (unpaired) electrons. The van der Waals surface area contributed by atoms with Crippen molar-refractivity contribution in [2.24, 2.45) is 0 Å². The number of phosphoric acid groups is 1. The van der Waals surface area contributed by atoms with E-state index in [-0.39, 0.29) is 19.4 Å². The number of unbranched alkanes of at least 4 members (excludes halogenated alkanes) is 9. The van der Waals surface area contributed by atoms with E-state index >= 15 is 0 Å². The molecule has 0 fully saturated rings. The number of hydrogen-bond acceptors (Lipinski definition) is 7. The molecule has 0 spiro atoms. The number of ether oxygens (including phenoxy) is 1. The molecule has 0 aliphatic heterocycles. The third-order valence-corrected chi connectivity index (χ3v) is 6.94. The molecule has 10 nitrogen and oxygen atoms in total. The highest BCUT2D eigenvalue weighted by Crippen LogP contribution is 2.42. The standard InChI is InChI=1S/C24H49O10P/c1-4-7-10-13-16-23(29,21(26)20(25)19-34-35(30,31)32)24(22(27)28,17-14-11-8-5-2)33-18-15-12-9-6-3/h20-21,25-26,29H,4-19H2,1-3H3,(H,27,28)(H2,30,31,32)/t20?,21?,23?,24-/m0/s1. The lowest BCUT2D eigenvalue weighted by Crippen LogP contribution is -2.69. The van der Waals surface area contributed by atoms with E-state index in [1.54, 1.807) is 0 Å². The lowest BCUT2D eigenvalue weighted by Gasteiger charge is -2.48. The molecule has 35 heavy (non-hydrogen) atoms. The van der Waals surface area contributed by atoms with Crippen LogP contribution < -0.4 is 0 Å². The Morgan fingerprint density at radius 3 is 1.77 bits per heavy atom. The van der Waals surface area contributed by atoms with Gasteiger partial charge in [-0.25, -0.2) is 9.36 Å². The predicted octanol–water partition coefficient (Wildman–Crippen LogP) is 3.91. The van der Waals surface area contributed by atoms with E-state index in [4.69, 9.17) is 14.5 Å².